The van der Waals surface area contributed by atoms with Crippen LogP contribution in [0.5, 0.6) is 0 Å². The van der Waals surface area contributed by atoms with Crippen LogP contribution in [-0.4, -0.2) is 25.8 Å². The first kappa shape index (κ1) is 10.1. The molecule has 0 saturated heterocycles. The molecular weight excluding hydrogens is 194 g/mol. The summed E-state index contributed by atoms with van der Waals surface area (Å²) < 4.78 is 1.64. The van der Waals surface area contributed by atoms with E-state index in [9.17, 15) is 4.79 Å². The summed E-state index contributed by atoms with van der Waals surface area (Å²) in [4.78, 5) is 14.3. The first-order chi connectivity index (χ1) is 7.19. The minimum absolute atomic E-state index is 0.110. The average Bonchev–Trinajstić information content (AvgIpc) is 2.58. The van der Waals surface area contributed by atoms with Gasteiger partial charge in [0, 0.05) is 6.54 Å². The van der Waals surface area contributed by atoms with Crippen molar-refractivity contribution in [1.29, 1.82) is 0 Å². The summed E-state index contributed by atoms with van der Waals surface area (Å²) in [6, 6.07) is 0. The third-order valence-corrected chi connectivity index (χ3v) is 3.08. The van der Waals surface area contributed by atoms with E-state index in [0.717, 1.165) is 12.5 Å². The lowest BCUT2D eigenvalue weighted by molar-refractivity contribution is 0.0682. The molecule has 0 bridgehead atoms. The van der Waals surface area contributed by atoms with E-state index < -0.39 is 5.97 Å². The van der Waals surface area contributed by atoms with Gasteiger partial charge < -0.3 is 5.11 Å². The molecule has 1 aromatic heterocycles. The van der Waals surface area contributed by atoms with Gasteiger partial charge in [0.2, 0.25) is 0 Å². The van der Waals surface area contributed by atoms with Crippen molar-refractivity contribution in [2.24, 2.45) is 11.8 Å². The van der Waals surface area contributed by atoms with Gasteiger partial charge in [0.15, 0.2) is 0 Å². The number of carbonyl (C=O) groups is 1. The fourth-order valence-corrected chi connectivity index (χ4v) is 2.10. The number of aromatic nitrogens is 3. The Bertz CT molecular complexity index is 355. The zero-order chi connectivity index (χ0) is 10.8. The molecule has 0 amide bonds. The number of nitrogens with zero attached hydrogens (tertiary/aromatic N) is 3. The SMILES string of the molecule is CCC1CC(Cn2cnc(C(=O)O)n2)C1. The number of carboxylic acids is 1. The van der Waals surface area contributed by atoms with Crippen LogP contribution in [0.3, 0.4) is 0 Å². The van der Waals surface area contributed by atoms with E-state index in [1.807, 2.05) is 0 Å². The van der Waals surface area contributed by atoms with Gasteiger partial charge in [-0.15, -0.1) is 5.10 Å². The average molecular weight is 209 g/mol. The van der Waals surface area contributed by atoms with Crippen LogP contribution < -0.4 is 0 Å². The maximum absolute atomic E-state index is 10.5. The third-order valence-electron chi connectivity index (χ3n) is 3.08. The van der Waals surface area contributed by atoms with E-state index >= 15 is 0 Å². The molecule has 0 aliphatic heterocycles. The van der Waals surface area contributed by atoms with Crippen molar-refractivity contribution in [3.05, 3.63) is 12.2 Å². The first-order valence-corrected chi connectivity index (χ1v) is 5.31. The zero-order valence-corrected chi connectivity index (χ0v) is 8.76. The number of aromatic carboxylic acids is 1. The van der Waals surface area contributed by atoms with Gasteiger partial charge in [-0.25, -0.2) is 9.78 Å². The molecule has 15 heavy (non-hydrogen) atoms. The van der Waals surface area contributed by atoms with Crippen molar-refractivity contribution in [3.8, 4) is 0 Å². The predicted molar refractivity (Wildman–Crippen MR) is 53.5 cm³/mol. The molecule has 1 N–H and O–H groups in total. The fraction of sp³-hybridized carbons (Fsp3) is 0.700. The molecule has 0 unspecified atom stereocenters. The largest absolute Gasteiger partial charge is 0.475 e. The normalized spacial score (nSPS) is 24.9. The number of carboxylic acid groups (broad SMARTS) is 1. The highest BCUT2D eigenvalue weighted by molar-refractivity contribution is 5.82. The fourth-order valence-electron chi connectivity index (χ4n) is 2.10. The number of rotatable bonds is 4. The van der Waals surface area contributed by atoms with Crippen molar-refractivity contribution in [1.82, 2.24) is 14.8 Å². The van der Waals surface area contributed by atoms with Crippen molar-refractivity contribution in [2.75, 3.05) is 0 Å². The summed E-state index contributed by atoms with van der Waals surface area (Å²) >= 11 is 0. The monoisotopic (exact) mass is 209 g/mol. The molecule has 1 aliphatic rings. The molecule has 0 atom stereocenters. The van der Waals surface area contributed by atoms with Crippen molar-refractivity contribution in [3.63, 3.8) is 0 Å². The lowest BCUT2D eigenvalue weighted by Gasteiger charge is -2.34. The highest BCUT2D eigenvalue weighted by Crippen LogP contribution is 2.36. The van der Waals surface area contributed by atoms with E-state index in [-0.39, 0.29) is 5.82 Å². The van der Waals surface area contributed by atoms with Crippen LogP contribution in [0.2, 0.25) is 0 Å². The molecule has 0 spiro atoms. The number of hydrogen-bond acceptors (Lipinski definition) is 3. The quantitative estimate of drug-likeness (QED) is 0.814. The number of hydrogen-bond donors (Lipinski definition) is 1. The Hall–Kier alpha value is -1.39. The van der Waals surface area contributed by atoms with Gasteiger partial charge in [-0.3, -0.25) is 4.68 Å². The Morgan fingerprint density at radius 2 is 2.33 bits per heavy atom. The second-order valence-corrected chi connectivity index (χ2v) is 4.21. The summed E-state index contributed by atoms with van der Waals surface area (Å²) in [6.07, 6.45) is 5.22. The molecule has 5 heteroatoms. The lowest BCUT2D eigenvalue weighted by Crippen LogP contribution is -2.27. The highest BCUT2D eigenvalue weighted by atomic mass is 16.4. The van der Waals surface area contributed by atoms with E-state index in [1.54, 1.807) is 4.68 Å². The summed E-state index contributed by atoms with van der Waals surface area (Å²) in [6.45, 7) is 3.01. The van der Waals surface area contributed by atoms with Crippen LogP contribution in [-0.2, 0) is 6.54 Å². The van der Waals surface area contributed by atoms with E-state index in [2.05, 4.69) is 17.0 Å². The minimum atomic E-state index is -1.06. The second kappa shape index (κ2) is 4.00. The second-order valence-electron chi connectivity index (χ2n) is 4.21. The van der Waals surface area contributed by atoms with E-state index in [1.165, 1.54) is 25.6 Å². The van der Waals surface area contributed by atoms with Crippen LogP contribution in [0.15, 0.2) is 6.33 Å². The van der Waals surface area contributed by atoms with Gasteiger partial charge in [-0.05, 0) is 24.7 Å². The minimum Gasteiger partial charge on any atom is -0.475 e. The lowest BCUT2D eigenvalue weighted by atomic mass is 9.74. The van der Waals surface area contributed by atoms with Crippen molar-refractivity contribution < 1.29 is 9.90 Å². The molecule has 82 valence electrons. The Balaban J connectivity index is 1.87. The maximum atomic E-state index is 10.5. The molecule has 1 heterocycles. The molecule has 2 rings (SSSR count). The van der Waals surface area contributed by atoms with E-state index in [0.29, 0.717) is 5.92 Å². The molecule has 1 saturated carbocycles. The van der Waals surface area contributed by atoms with Crippen molar-refractivity contribution >= 4 is 5.97 Å². The molecule has 0 radical (unpaired) electrons. The van der Waals surface area contributed by atoms with Crippen LogP contribution in [0.25, 0.3) is 0 Å². The van der Waals surface area contributed by atoms with E-state index in [4.69, 9.17) is 5.11 Å². The third kappa shape index (κ3) is 2.16. The van der Waals surface area contributed by atoms with Gasteiger partial charge in [0.25, 0.3) is 5.82 Å². The predicted octanol–water partition coefficient (Wildman–Crippen LogP) is 1.41. The maximum Gasteiger partial charge on any atom is 0.375 e. The molecule has 1 fully saturated rings. The van der Waals surface area contributed by atoms with Crippen LogP contribution in [0.1, 0.15) is 36.8 Å². The van der Waals surface area contributed by atoms with Crippen LogP contribution in [0, 0.1) is 11.8 Å². The molecule has 0 aromatic carbocycles. The topological polar surface area (TPSA) is 68.0 Å². The molecular formula is C10H15N3O2. The zero-order valence-electron chi connectivity index (χ0n) is 8.76. The van der Waals surface area contributed by atoms with Crippen molar-refractivity contribution in [2.45, 2.75) is 32.7 Å². The smallest absolute Gasteiger partial charge is 0.375 e. The molecule has 1 aliphatic carbocycles. The first-order valence-electron chi connectivity index (χ1n) is 5.31. The Morgan fingerprint density at radius 3 is 2.87 bits per heavy atom. The Morgan fingerprint density at radius 1 is 1.60 bits per heavy atom. The van der Waals surface area contributed by atoms with Crippen LogP contribution in [0.4, 0.5) is 0 Å². The molecule has 1 aromatic rings. The Labute approximate surface area is 88.1 Å². The summed E-state index contributed by atoms with van der Waals surface area (Å²) in [7, 11) is 0. The van der Waals surface area contributed by atoms with Gasteiger partial charge in [-0.1, -0.05) is 13.3 Å². The summed E-state index contributed by atoms with van der Waals surface area (Å²) in [5.74, 6) is 0.339. The van der Waals surface area contributed by atoms with Gasteiger partial charge >= 0.3 is 5.97 Å². The van der Waals surface area contributed by atoms with Gasteiger partial charge in [0.1, 0.15) is 6.33 Å². The van der Waals surface area contributed by atoms with Gasteiger partial charge in [-0.2, -0.15) is 0 Å². The standard InChI is InChI=1S/C10H15N3O2/c1-2-7-3-8(4-7)5-13-6-11-9(12-13)10(14)15/h6-8H,2-5H2,1H3,(H,14,15). The summed E-state index contributed by atoms with van der Waals surface area (Å²) in [5.41, 5.74) is 0. The Kier molecular flexibility index (Phi) is 2.70. The van der Waals surface area contributed by atoms with Crippen LogP contribution >= 0.6 is 0 Å². The highest BCUT2D eigenvalue weighted by Gasteiger charge is 2.28. The summed E-state index contributed by atoms with van der Waals surface area (Å²) in [5, 5.41) is 12.5. The van der Waals surface area contributed by atoms with Gasteiger partial charge in [0.05, 0.1) is 0 Å². The molecule has 5 nitrogen and oxygen atoms in total.